The molecule has 0 amide bonds. The van der Waals surface area contributed by atoms with E-state index in [0.717, 1.165) is 31.5 Å². The molecule has 5 heteroatoms. The number of nitrogens with one attached hydrogen (secondary N) is 2. The Labute approximate surface area is 128 Å². The zero-order chi connectivity index (χ0) is 15.3. The second-order valence-corrected chi connectivity index (χ2v) is 8.15. The summed E-state index contributed by atoms with van der Waals surface area (Å²) in [5.41, 5.74) is 2.18. The molecule has 0 radical (unpaired) electrons. The van der Waals surface area contributed by atoms with Crippen LogP contribution in [0.3, 0.4) is 0 Å². The first-order valence-electron chi connectivity index (χ1n) is 7.68. The van der Waals surface area contributed by atoms with E-state index in [0.29, 0.717) is 6.54 Å². The highest BCUT2D eigenvalue weighted by molar-refractivity contribution is 7.88. The Bertz CT molecular complexity index is 548. The number of benzene rings is 1. The lowest BCUT2D eigenvalue weighted by Gasteiger charge is -2.38. The summed E-state index contributed by atoms with van der Waals surface area (Å²) < 4.78 is 27.0. The Morgan fingerprint density at radius 2 is 1.76 bits per heavy atom. The van der Waals surface area contributed by atoms with Gasteiger partial charge in [0.25, 0.3) is 0 Å². The van der Waals surface area contributed by atoms with Crippen molar-refractivity contribution in [1.29, 1.82) is 0 Å². The quantitative estimate of drug-likeness (QED) is 0.775. The molecule has 0 spiro atoms. The number of sulfonamides is 1. The SMILES string of the molecule is CCNCc1ccc(CS(=O)(=O)NCC2(C)CCC2)cc1. The fraction of sp³-hybridized carbons (Fsp3) is 0.625. The van der Waals surface area contributed by atoms with Crippen molar-refractivity contribution >= 4 is 10.0 Å². The van der Waals surface area contributed by atoms with E-state index in [-0.39, 0.29) is 11.2 Å². The molecule has 4 nitrogen and oxygen atoms in total. The van der Waals surface area contributed by atoms with Crippen molar-refractivity contribution in [3.05, 3.63) is 35.4 Å². The van der Waals surface area contributed by atoms with E-state index < -0.39 is 10.0 Å². The zero-order valence-corrected chi connectivity index (χ0v) is 13.8. The maximum atomic E-state index is 12.1. The molecular weight excluding hydrogens is 284 g/mol. The summed E-state index contributed by atoms with van der Waals surface area (Å²) in [5.74, 6) is 0.0601. The number of rotatable bonds is 8. The molecule has 0 heterocycles. The summed E-state index contributed by atoms with van der Waals surface area (Å²) in [6, 6.07) is 7.77. The molecule has 0 aromatic heterocycles. The number of hydrogen-bond donors (Lipinski definition) is 2. The van der Waals surface area contributed by atoms with Crippen LogP contribution in [-0.2, 0) is 22.3 Å². The molecule has 0 saturated heterocycles. The summed E-state index contributed by atoms with van der Waals surface area (Å²) in [5, 5.41) is 3.25. The van der Waals surface area contributed by atoms with Crippen molar-refractivity contribution in [2.45, 2.75) is 45.4 Å². The van der Waals surface area contributed by atoms with Gasteiger partial charge < -0.3 is 5.32 Å². The topological polar surface area (TPSA) is 58.2 Å². The fourth-order valence-corrected chi connectivity index (χ4v) is 3.84. The minimum Gasteiger partial charge on any atom is -0.313 e. The van der Waals surface area contributed by atoms with Gasteiger partial charge in [0.05, 0.1) is 5.75 Å². The largest absolute Gasteiger partial charge is 0.313 e. The highest BCUT2D eigenvalue weighted by Crippen LogP contribution is 2.39. The van der Waals surface area contributed by atoms with Gasteiger partial charge in [0.15, 0.2) is 0 Å². The van der Waals surface area contributed by atoms with Gasteiger partial charge in [0, 0.05) is 13.1 Å². The van der Waals surface area contributed by atoms with Crippen molar-refractivity contribution in [3.8, 4) is 0 Å². The second kappa shape index (κ2) is 6.90. The molecule has 1 fully saturated rings. The molecule has 21 heavy (non-hydrogen) atoms. The highest BCUT2D eigenvalue weighted by atomic mass is 32.2. The van der Waals surface area contributed by atoms with E-state index >= 15 is 0 Å². The van der Waals surface area contributed by atoms with Crippen LogP contribution in [0.2, 0.25) is 0 Å². The summed E-state index contributed by atoms with van der Waals surface area (Å²) in [7, 11) is -3.24. The Hall–Kier alpha value is -0.910. The molecule has 2 rings (SSSR count). The Morgan fingerprint density at radius 1 is 1.14 bits per heavy atom. The molecule has 0 unspecified atom stereocenters. The molecule has 1 aliphatic carbocycles. The van der Waals surface area contributed by atoms with E-state index in [9.17, 15) is 8.42 Å². The number of hydrogen-bond acceptors (Lipinski definition) is 3. The molecule has 1 aliphatic rings. The molecule has 2 N–H and O–H groups in total. The average Bonchev–Trinajstić information content (AvgIpc) is 2.42. The van der Waals surface area contributed by atoms with Gasteiger partial charge in [-0.15, -0.1) is 0 Å². The van der Waals surface area contributed by atoms with E-state index in [1.165, 1.54) is 12.0 Å². The van der Waals surface area contributed by atoms with Crippen molar-refractivity contribution in [2.75, 3.05) is 13.1 Å². The van der Waals surface area contributed by atoms with Gasteiger partial charge >= 0.3 is 0 Å². The van der Waals surface area contributed by atoms with E-state index in [2.05, 4.69) is 23.9 Å². The van der Waals surface area contributed by atoms with Crippen LogP contribution in [0.4, 0.5) is 0 Å². The predicted octanol–water partition coefficient (Wildman–Crippen LogP) is 2.41. The van der Waals surface area contributed by atoms with Gasteiger partial charge in [-0.2, -0.15) is 0 Å². The van der Waals surface area contributed by atoms with Crippen LogP contribution in [0.25, 0.3) is 0 Å². The third-order valence-electron chi connectivity index (χ3n) is 4.24. The maximum Gasteiger partial charge on any atom is 0.215 e. The highest BCUT2D eigenvalue weighted by Gasteiger charge is 2.32. The Kier molecular flexibility index (Phi) is 5.41. The predicted molar refractivity (Wildman–Crippen MR) is 86.4 cm³/mol. The van der Waals surface area contributed by atoms with Crippen LogP contribution in [0, 0.1) is 5.41 Å². The maximum absolute atomic E-state index is 12.1. The molecule has 1 saturated carbocycles. The molecule has 1 aromatic rings. The Morgan fingerprint density at radius 3 is 2.29 bits per heavy atom. The monoisotopic (exact) mass is 310 g/mol. The molecule has 0 atom stereocenters. The summed E-state index contributed by atoms with van der Waals surface area (Å²) in [6.45, 7) is 6.52. The molecule has 118 valence electrons. The third-order valence-corrected chi connectivity index (χ3v) is 5.54. The summed E-state index contributed by atoms with van der Waals surface area (Å²) in [4.78, 5) is 0. The lowest BCUT2D eigenvalue weighted by molar-refractivity contribution is 0.166. The lowest BCUT2D eigenvalue weighted by atomic mass is 9.71. The first-order chi connectivity index (χ1) is 9.92. The Balaban J connectivity index is 1.87. The van der Waals surface area contributed by atoms with Gasteiger partial charge in [0.1, 0.15) is 0 Å². The summed E-state index contributed by atoms with van der Waals surface area (Å²) in [6.07, 6.45) is 3.45. The van der Waals surface area contributed by atoms with Crippen LogP contribution < -0.4 is 10.0 Å². The van der Waals surface area contributed by atoms with Gasteiger partial charge in [0.2, 0.25) is 10.0 Å². The third kappa shape index (κ3) is 5.09. The minimum absolute atomic E-state index is 0.0601. The van der Waals surface area contributed by atoms with Gasteiger partial charge in [-0.05, 0) is 35.9 Å². The van der Waals surface area contributed by atoms with Crippen LogP contribution in [0.1, 0.15) is 44.2 Å². The standard InChI is InChI=1S/C16H26N2O2S/c1-3-17-11-14-5-7-15(8-6-14)12-21(19,20)18-13-16(2)9-4-10-16/h5-8,17-18H,3-4,9-13H2,1-2H3. The van der Waals surface area contributed by atoms with Crippen LogP contribution in [-0.4, -0.2) is 21.5 Å². The second-order valence-electron chi connectivity index (χ2n) is 6.34. The van der Waals surface area contributed by atoms with Crippen molar-refractivity contribution in [2.24, 2.45) is 5.41 Å². The molecule has 1 aromatic carbocycles. The van der Waals surface area contributed by atoms with Crippen LogP contribution >= 0.6 is 0 Å². The normalized spacial score (nSPS) is 17.4. The van der Waals surface area contributed by atoms with E-state index in [4.69, 9.17) is 0 Å². The van der Waals surface area contributed by atoms with Gasteiger partial charge in [-0.1, -0.05) is 44.5 Å². The van der Waals surface area contributed by atoms with Gasteiger partial charge in [-0.25, -0.2) is 13.1 Å². The van der Waals surface area contributed by atoms with Crippen LogP contribution in [0.5, 0.6) is 0 Å². The van der Waals surface area contributed by atoms with Crippen molar-refractivity contribution in [1.82, 2.24) is 10.0 Å². The first kappa shape index (κ1) is 16.5. The van der Waals surface area contributed by atoms with Crippen molar-refractivity contribution < 1.29 is 8.42 Å². The molecule has 0 aliphatic heterocycles. The lowest BCUT2D eigenvalue weighted by Crippen LogP contribution is -2.40. The fourth-order valence-electron chi connectivity index (χ4n) is 2.53. The zero-order valence-electron chi connectivity index (χ0n) is 13.0. The molecular formula is C16H26N2O2S. The summed E-state index contributed by atoms with van der Waals surface area (Å²) >= 11 is 0. The van der Waals surface area contributed by atoms with Crippen LogP contribution in [0.15, 0.2) is 24.3 Å². The first-order valence-corrected chi connectivity index (χ1v) is 9.34. The molecule has 0 bridgehead atoms. The minimum atomic E-state index is -3.24. The average molecular weight is 310 g/mol. The smallest absolute Gasteiger partial charge is 0.215 e. The van der Waals surface area contributed by atoms with Crippen molar-refractivity contribution in [3.63, 3.8) is 0 Å². The van der Waals surface area contributed by atoms with Gasteiger partial charge in [-0.3, -0.25) is 0 Å². The van der Waals surface area contributed by atoms with E-state index in [1.807, 2.05) is 24.3 Å². The van der Waals surface area contributed by atoms with E-state index in [1.54, 1.807) is 0 Å².